The fourth-order valence-corrected chi connectivity index (χ4v) is 2.04. The fraction of sp³-hybridized carbons (Fsp3) is 0.562. The maximum Gasteiger partial charge on any atom is 0.162 e. The second-order valence-corrected chi connectivity index (χ2v) is 5.03. The summed E-state index contributed by atoms with van der Waals surface area (Å²) in [5, 5.41) is 0. The molecule has 1 aromatic carbocycles. The predicted molar refractivity (Wildman–Crippen MR) is 79.7 cm³/mol. The van der Waals surface area contributed by atoms with Crippen molar-refractivity contribution in [1.29, 1.82) is 0 Å². The lowest BCUT2D eigenvalue weighted by Crippen LogP contribution is -2.11. The molecule has 1 unspecified atom stereocenters. The van der Waals surface area contributed by atoms with Gasteiger partial charge in [-0.25, -0.2) is 0 Å². The van der Waals surface area contributed by atoms with Crippen molar-refractivity contribution in [1.82, 2.24) is 0 Å². The third-order valence-electron chi connectivity index (χ3n) is 3.43. The SMILES string of the molecule is CCCCC(CC)COc1ccc(N)c(C(C)=O)c1. The van der Waals surface area contributed by atoms with Crippen LogP contribution < -0.4 is 10.5 Å². The molecular formula is C16H25NO2. The lowest BCUT2D eigenvalue weighted by atomic mass is 10.0. The number of hydrogen-bond acceptors (Lipinski definition) is 3. The number of nitrogen functional groups attached to an aromatic ring is 1. The van der Waals surface area contributed by atoms with Crippen LogP contribution in [0.1, 0.15) is 56.8 Å². The molecule has 0 spiro atoms. The molecule has 0 bridgehead atoms. The Bertz CT molecular complexity index is 415. The van der Waals surface area contributed by atoms with Crippen LogP contribution in [0.5, 0.6) is 5.75 Å². The van der Waals surface area contributed by atoms with Gasteiger partial charge >= 0.3 is 0 Å². The molecule has 3 heteroatoms. The smallest absolute Gasteiger partial charge is 0.162 e. The zero-order valence-electron chi connectivity index (χ0n) is 12.2. The minimum absolute atomic E-state index is 0.0269. The third kappa shape index (κ3) is 4.93. The monoisotopic (exact) mass is 263 g/mol. The van der Waals surface area contributed by atoms with Crippen molar-refractivity contribution in [2.45, 2.75) is 46.5 Å². The maximum atomic E-state index is 11.4. The van der Waals surface area contributed by atoms with Gasteiger partial charge in [-0.15, -0.1) is 0 Å². The minimum Gasteiger partial charge on any atom is -0.493 e. The molecule has 1 rings (SSSR count). The van der Waals surface area contributed by atoms with Crippen LogP contribution in [0.3, 0.4) is 0 Å². The van der Waals surface area contributed by atoms with Crippen LogP contribution in [-0.4, -0.2) is 12.4 Å². The molecule has 0 fully saturated rings. The van der Waals surface area contributed by atoms with E-state index in [1.165, 1.54) is 26.2 Å². The van der Waals surface area contributed by atoms with E-state index in [1.54, 1.807) is 12.1 Å². The number of carbonyl (C=O) groups excluding carboxylic acids is 1. The highest BCUT2D eigenvalue weighted by Gasteiger charge is 2.09. The van der Waals surface area contributed by atoms with Crippen LogP contribution in [0.4, 0.5) is 5.69 Å². The van der Waals surface area contributed by atoms with Gasteiger partial charge in [0.2, 0.25) is 0 Å². The van der Waals surface area contributed by atoms with Gasteiger partial charge in [0.15, 0.2) is 5.78 Å². The van der Waals surface area contributed by atoms with Gasteiger partial charge in [0, 0.05) is 11.3 Å². The Morgan fingerprint density at radius 3 is 2.68 bits per heavy atom. The van der Waals surface area contributed by atoms with Gasteiger partial charge < -0.3 is 10.5 Å². The summed E-state index contributed by atoms with van der Waals surface area (Å²) in [6.07, 6.45) is 4.77. The maximum absolute atomic E-state index is 11.4. The highest BCUT2D eigenvalue weighted by Crippen LogP contribution is 2.22. The first kappa shape index (κ1) is 15.5. The topological polar surface area (TPSA) is 52.3 Å². The summed E-state index contributed by atoms with van der Waals surface area (Å²) in [6, 6.07) is 5.30. The summed E-state index contributed by atoms with van der Waals surface area (Å²) in [4.78, 5) is 11.4. The Kier molecular flexibility index (Phi) is 6.40. The van der Waals surface area contributed by atoms with E-state index in [4.69, 9.17) is 10.5 Å². The van der Waals surface area contributed by atoms with Crippen LogP contribution >= 0.6 is 0 Å². The summed E-state index contributed by atoms with van der Waals surface area (Å²) >= 11 is 0. The largest absolute Gasteiger partial charge is 0.493 e. The molecular weight excluding hydrogens is 238 g/mol. The molecule has 0 heterocycles. The van der Waals surface area contributed by atoms with Crippen molar-refractivity contribution >= 4 is 11.5 Å². The second kappa shape index (κ2) is 7.82. The molecule has 3 nitrogen and oxygen atoms in total. The zero-order chi connectivity index (χ0) is 14.3. The number of ketones is 1. The Hall–Kier alpha value is -1.51. The van der Waals surface area contributed by atoms with Crippen LogP contribution in [-0.2, 0) is 0 Å². The van der Waals surface area contributed by atoms with Gasteiger partial charge in [-0.05, 0) is 37.5 Å². The first-order valence-corrected chi connectivity index (χ1v) is 7.11. The number of hydrogen-bond donors (Lipinski definition) is 1. The number of anilines is 1. The molecule has 0 aliphatic heterocycles. The van der Waals surface area contributed by atoms with Gasteiger partial charge in [0.1, 0.15) is 5.75 Å². The van der Waals surface area contributed by atoms with Crippen LogP contribution in [0.15, 0.2) is 18.2 Å². The van der Waals surface area contributed by atoms with Crippen molar-refractivity contribution in [2.24, 2.45) is 5.92 Å². The molecule has 1 atom stereocenters. The van der Waals surface area contributed by atoms with E-state index in [1.807, 2.05) is 6.07 Å². The fourth-order valence-electron chi connectivity index (χ4n) is 2.04. The van der Waals surface area contributed by atoms with E-state index in [0.717, 1.165) is 12.2 Å². The van der Waals surface area contributed by atoms with Gasteiger partial charge in [-0.2, -0.15) is 0 Å². The third-order valence-corrected chi connectivity index (χ3v) is 3.43. The number of Topliss-reactive ketones (excluding diaryl/α,β-unsaturated/α-hetero) is 1. The number of nitrogens with two attached hydrogens (primary N) is 1. The van der Waals surface area contributed by atoms with Gasteiger partial charge in [-0.3, -0.25) is 4.79 Å². The first-order chi connectivity index (χ1) is 9.08. The number of unbranched alkanes of at least 4 members (excludes halogenated alkanes) is 1. The Morgan fingerprint density at radius 1 is 1.37 bits per heavy atom. The van der Waals surface area contributed by atoms with Crippen LogP contribution in [0.2, 0.25) is 0 Å². The molecule has 0 saturated carbocycles. The number of ether oxygens (including phenoxy) is 1. The number of benzene rings is 1. The normalized spacial score (nSPS) is 12.2. The first-order valence-electron chi connectivity index (χ1n) is 7.11. The van der Waals surface area contributed by atoms with E-state index in [2.05, 4.69) is 13.8 Å². The molecule has 0 aromatic heterocycles. The summed E-state index contributed by atoms with van der Waals surface area (Å²) < 4.78 is 5.79. The Balaban J connectivity index is 2.61. The highest BCUT2D eigenvalue weighted by molar-refractivity contribution is 5.99. The Labute approximate surface area is 116 Å². The van der Waals surface area contributed by atoms with E-state index < -0.39 is 0 Å². The van der Waals surface area contributed by atoms with E-state index in [9.17, 15) is 4.79 Å². The number of rotatable bonds is 8. The molecule has 1 aromatic rings. The average molecular weight is 263 g/mol. The number of carbonyl (C=O) groups is 1. The van der Waals surface area contributed by atoms with Crippen molar-refractivity contribution < 1.29 is 9.53 Å². The average Bonchev–Trinajstić information content (AvgIpc) is 2.40. The molecule has 19 heavy (non-hydrogen) atoms. The van der Waals surface area contributed by atoms with Gasteiger partial charge in [0.05, 0.1) is 6.61 Å². The Morgan fingerprint density at radius 2 is 2.11 bits per heavy atom. The van der Waals surface area contributed by atoms with E-state index >= 15 is 0 Å². The van der Waals surface area contributed by atoms with Crippen molar-refractivity contribution in [2.75, 3.05) is 12.3 Å². The summed E-state index contributed by atoms with van der Waals surface area (Å²) in [5.41, 5.74) is 6.81. The molecule has 0 saturated heterocycles. The lowest BCUT2D eigenvalue weighted by molar-refractivity contribution is 0.101. The van der Waals surface area contributed by atoms with Crippen LogP contribution in [0.25, 0.3) is 0 Å². The second-order valence-electron chi connectivity index (χ2n) is 5.03. The quantitative estimate of drug-likeness (QED) is 0.568. The molecule has 0 aliphatic rings. The van der Waals surface area contributed by atoms with Crippen molar-refractivity contribution in [3.8, 4) is 5.75 Å². The van der Waals surface area contributed by atoms with Crippen LogP contribution in [0, 0.1) is 5.92 Å². The summed E-state index contributed by atoms with van der Waals surface area (Å²) in [6.45, 7) is 6.61. The zero-order valence-corrected chi connectivity index (χ0v) is 12.2. The summed E-state index contributed by atoms with van der Waals surface area (Å²) in [5.74, 6) is 1.29. The van der Waals surface area contributed by atoms with Gasteiger partial charge in [0.25, 0.3) is 0 Å². The van der Waals surface area contributed by atoms with Gasteiger partial charge in [-0.1, -0.05) is 33.1 Å². The molecule has 2 N–H and O–H groups in total. The highest BCUT2D eigenvalue weighted by atomic mass is 16.5. The minimum atomic E-state index is -0.0269. The molecule has 0 aliphatic carbocycles. The molecule has 0 radical (unpaired) electrons. The van der Waals surface area contributed by atoms with E-state index in [0.29, 0.717) is 23.8 Å². The van der Waals surface area contributed by atoms with Crippen molar-refractivity contribution in [3.63, 3.8) is 0 Å². The predicted octanol–water partition coefficient (Wildman–Crippen LogP) is 4.07. The standard InChI is InChI=1S/C16H25NO2/c1-4-6-7-13(5-2)11-19-14-8-9-16(17)15(10-14)12(3)18/h8-10,13H,4-7,11,17H2,1-3H3. The molecule has 0 amide bonds. The summed E-state index contributed by atoms with van der Waals surface area (Å²) in [7, 11) is 0. The van der Waals surface area contributed by atoms with Crippen molar-refractivity contribution in [3.05, 3.63) is 23.8 Å². The van der Waals surface area contributed by atoms with E-state index in [-0.39, 0.29) is 5.78 Å². The lowest BCUT2D eigenvalue weighted by Gasteiger charge is -2.16. The molecule has 106 valence electrons.